The van der Waals surface area contributed by atoms with Crippen LogP contribution in [0.15, 0.2) is 60.1 Å². The molecule has 0 amide bonds. The Morgan fingerprint density at radius 3 is 2.66 bits per heavy atom. The molecule has 2 saturated heterocycles. The number of halogens is 2. The van der Waals surface area contributed by atoms with E-state index in [9.17, 15) is 0 Å². The van der Waals surface area contributed by atoms with Crippen LogP contribution in [0.25, 0.3) is 11.4 Å². The molecule has 0 bridgehead atoms. The second kappa shape index (κ2) is 10.4. The zero-order chi connectivity index (χ0) is 26.4. The third-order valence-electron chi connectivity index (χ3n) is 6.83. The third kappa shape index (κ3) is 4.31. The first-order chi connectivity index (χ1) is 18.4. The van der Waals surface area contributed by atoms with E-state index in [-0.39, 0.29) is 6.61 Å². The molecule has 13 heteroatoms. The summed E-state index contributed by atoms with van der Waals surface area (Å²) < 4.78 is 26.9. The van der Waals surface area contributed by atoms with Crippen molar-refractivity contribution in [2.45, 2.75) is 35.6 Å². The molecule has 2 aliphatic heterocycles. The zero-order valence-electron chi connectivity index (χ0n) is 20.0. The number of hydrogen-bond donors (Lipinski definition) is 2. The number of methoxy groups -OCH3 is 1. The molecule has 6 atom stereocenters. The van der Waals surface area contributed by atoms with Gasteiger partial charge < -0.3 is 24.7 Å². The number of anilines is 1. The number of thiol groups is 1. The van der Waals surface area contributed by atoms with Crippen LogP contribution in [0, 0.1) is 0 Å². The number of ether oxygens (including phenoxy) is 4. The molecule has 2 N–H and O–H groups in total. The Morgan fingerprint density at radius 1 is 1.13 bits per heavy atom. The molecule has 2 aliphatic rings. The van der Waals surface area contributed by atoms with Crippen LogP contribution in [0.5, 0.6) is 0 Å². The van der Waals surface area contributed by atoms with Gasteiger partial charge in [0.15, 0.2) is 11.4 Å². The highest BCUT2D eigenvalue weighted by Gasteiger charge is 2.62. The van der Waals surface area contributed by atoms with Crippen LogP contribution in [0.1, 0.15) is 17.4 Å². The number of nitrogens with zero attached hydrogens (tertiary/aromatic N) is 4. The normalized spacial score (nSPS) is 29.2. The minimum absolute atomic E-state index is 0.255. The first kappa shape index (κ1) is 26.0. The second-order valence-electron chi connectivity index (χ2n) is 8.93. The molecule has 2 aromatic carbocycles. The minimum atomic E-state index is -1.14. The molecule has 4 aromatic rings. The molecule has 6 rings (SSSR count). The maximum Gasteiger partial charge on any atom is 0.184 e. The highest BCUT2D eigenvalue weighted by Crippen LogP contribution is 2.49. The molecule has 2 aromatic heterocycles. The Labute approximate surface area is 238 Å². The SMILES string of the molecule is CO[C@H]1[C@@H](S)O[C@@H]2COC(c3ccccc3)O[C@@H]2C1(c1ccc(Cl)c(Cl)c1)n1cc(-c2csc(N)n2)nn1. The zero-order valence-corrected chi connectivity index (χ0v) is 23.2. The molecular formula is C25H23Cl2N5O4S2. The lowest BCUT2D eigenvalue weighted by atomic mass is 9.75. The summed E-state index contributed by atoms with van der Waals surface area (Å²) in [4.78, 5) is 4.37. The summed E-state index contributed by atoms with van der Waals surface area (Å²) in [6.45, 7) is 0.255. The molecule has 9 nitrogen and oxygen atoms in total. The van der Waals surface area contributed by atoms with Crippen molar-refractivity contribution in [1.29, 1.82) is 0 Å². The van der Waals surface area contributed by atoms with E-state index in [1.54, 1.807) is 30.1 Å². The summed E-state index contributed by atoms with van der Waals surface area (Å²) in [6, 6.07) is 15.1. The van der Waals surface area contributed by atoms with Crippen molar-refractivity contribution in [2.75, 3.05) is 19.5 Å². The van der Waals surface area contributed by atoms with Gasteiger partial charge >= 0.3 is 0 Å². The molecule has 2 unspecified atom stereocenters. The number of hydrogen-bond acceptors (Lipinski definition) is 10. The van der Waals surface area contributed by atoms with Crippen molar-refractivity contribution in [1.82, 2.24) is 20.0 Å². The predicted molar refractivity (Wildman–Crippen MR) is 148 cm³/mol. The maximum atomic E-state index is 6.71. The fourth-order valence-electron chi connectivity index (χ4n) is 5.17. The van der Waals surface area contributed by atoms with Crippen molar-refractivity contribution in [3.8, 4) is 11.4 Å². The summed E-state index contributed by atoms with van der Waals surface area (Å²) in [5, 5.41) is 12.0. The van der Waals surface area contributed by atoms with Gasteiger partial charge in [0.2, 0.25) is 0 Å². The summed E-state index contributed by atoms with van der Waals surface area (Å²) in [5.74, 6) is 0. The fraction of sp³-hybridized carbons (Fsp3) is 0.320. The van der Waals surface area contributed by atoms with Crippen molar-refractivity contribution >= 4 is 52.3 Å². The topological polar surface area (TPSA) is 107 Å². The Balaban J connectivity index is 1.56. The van der Waals surface area contributed by atoms with Gasteiger partial charge in [-0.05, 0) is 17.7 Å². The van der Waals surface area contributed by atoms with Gasteiger partial charge in [-0.1, -0.05) is 64.8 Å². The van der Waals surface area contributed by atoms with Crippen LogP contribution < -0.4 is 5.73 Å². The molecule has 0 radical (unpaired) electrons. The van der Waals surface area contributed by atoms with Gasteiger partial charge in [-0.2, -0.15) is 0 Å². The molecule has 38 heavy (non-hydrogen) atoms. The van der Waals surface area contributed by atoms with E-state index in [0.717, 1.165) is 11.1 Å². The maximum absolute atomic E-state index is 6.71. The predicted octanol–water partition coefficient (Wildman–Crippen LogP) is 4.82. The van der Waals surface area contributed by atoms with E-state index in [2.05, 4.69) is 15.3 Å². The van der Waals surface area contributed by atoms with Crippen LogP contribution in [-0.4, -0.2) is 57.4 Å². The standard InChI is InChI=1S/C25H23Cl2N5O4S2/c1-33-21-23(37)35-19-11-34-22(13-5-3-2-4-6-13)36-20(19)25(21,14-7-8-15(26)16(27)9-14)32-10-17(30-31-32)18-12-38-24(28)29-18/h2-10,12,19-23,37H,11H2,1H3,(H2,28,29)/t19-,20+,21+,22?,23-,25?/m1/s1. The van der Waals surface area contributed by atoms with E-state index < -0.39 is 35.6 Å². The molecule has 0 saturated carbocycles. The Bertz CT molecular complexity index is 1440. The first-order valence-electron chi connectivity index (χ1n) is 11.7. The largest absolute Gasteiger partial charge is 0.375 e. The number of fused-ring (bicyclic) bond motifs is 1. The number of benzene rings is 2. The molecule has 198 valence electrons. The first-order valence-corrected chi connectivity index (χ1v) is 13.8. The summed E-state index contributed by atoms with van der Waals surface area (Å²) in [5.41, 5.74) is 6.83. The Hall–Kier alpha value is -2.22. The number of aromatic nitrogens is 4. The van der Waals surface area contributed by atoms with E-state index in [1.807, 2.05) is 41.8 Å². The number of thiazole rings is 1. The third-order valence-corrected chi connectivity index (χ3v) is 8.63. The number of nitrogens with two attached hydrogens (primary N) is 1. The number of nitrogen functional groups attached to an aromatic ring is 1. The minimum Gasteiger partial charge on any atom is -0.375 e. The average molecular weight is 593 g/mol. The van der Waals surface area contributed by atoms with E-state index in [1.165, 1.54) is 11.3 Å². The highest BCUT2D eigenvalue weighted by molar-refractivity contribution is 7.80. The van der Waals surface area contributed by atoms with Crippen molar-refractivity contribution in [2.24, 2.45) is 0 Å². The van der Waals surface area contributed by atoms with Gasteiger partial charge in [0.1, 0.15) is 40.7 Å². The lowest BCUT2D eigenvalue weighted by molar-refractivity contribution is -0.323. The van der Waals surface area contributed by atoms with E-state index in [4.69, 9.17) is 60.5 Å². The monoisotopic (exact) mass is 591 g/mol. The quantitative estimate of drug-likeness (QED) is 0.318. The molecular weight excluding hydrogens is 569 g/mol. The fourth-order valence-corrected chi connectivity index (χ4v) is 6.53. The Morgan fingerprint density at radius 2 is 1.95 bits per heavy atom. The van der Waals surface area contributed by atoms with Gasteiger partial charge in [0.25, 0.3) is 0 Å². The van der Waals surface area contributed by atoms with Crippen LogP contribution in [-0.2, 0) is 24.5 Å². The number of rotatable bonds is 5. The van der Waals surface area contributed by atoms with E-state index in [0.29, 0.717) is 26.6 Å². The van der Waals surface area contributed by atoms with Gasteiger partial charge in [-0.25, -0.2) is 9.67 Å². The molecule has 0 aliphatic carbocycles. The molecule has 4 heterocycles. The van der Waals surface area contributed by atoms with Gasteiger partial charge in [0.05, 0.1) is 22.8 Å². The summed E-state index contributed by atoms with van der Waals surface area (Å²) in [6.07, 6.45) is -0.710. The van der Waals surface area contributed by atoms with Gasteiger partial charge in [0, 0.05) is 18.1 Å². The van der Waals surface area contributed by atoms with Crippen molar-refractivity contribution in [3.05, 3.63) is 81.3 Å². The smallest absolute Gasteiger partial charge is 0.184 e. The van der Waals surface area contributed by atoms with Crippen LogP contribution in [0.3, 0.4) is 0 Å². The molecule has 0 spiro atoms. The van der Waals surface area contributed by atoms with Crippen LogP contribution in [0.2, 0.25) is 10.0 Å². The van der Waals surface area contributed by atoms with E-state index >= 15 is 0 Å². The summed E-state index contributed by atoms with van der Waals surface area (Å²) in [7, 11) is 1.59. The lowest BCUT2D eigenvalue weighted by Gasteiger charge is -2.55. The average Bonchev–Trinajstić information content (AvgIpc) is 3.59. The summed E-state index contributed by atoms with van der Waals surface area (Å²) >= 11 is 19.0. The highest BCUT2D eigenvalue weighted by atomic mass is 35.5. The van der Waals surface area contributed by atoms with Crippen molar-refractivity contribution in [3.63, 3.8) is 0 Å². The van der Waals surface area contributed by atoms with Crippen LogP contribution in [0.4, 0.5) is 5.13 Å². The van der Waals surface area contributed by atoms with Gasteiger partial charge in [-0.15, -0.1) is 29.1 Å². The van der Waals surface area contributed by atoms with Gasteiger partial charge in [-0.3, -0.25) is 0 Å². The van der Waals surface area contributed by atoms with Crippen molar-refractivity contribution < 1.29 is 18.9 Å². The molecule has 2 fully saturated rings. The van der Waals surface area contributed by atoms with Crippen LogP contribution >= 0.6 is 47.2 Å². The Kier molecular flexibility index (Phi) is 7.12. The second-order valence-corrected chi connectivity index (χ2v) is 11.1. The lowest BCUT2D eigenvalue weighted by Crippen LogP contribution is -2.69.